The molecule has 2 nitrogen and oxygen atoms in total. The van der Waals surface area contributed by atoms with Crippen molar-refractivity contribution in [1.29, 1.82) is 0 Å². The molecule has 0 aliphatic heterocycles. The van der Waals surface area contributed by atoms with Gasteiger partial charge in [0.1, 0.15) is 5.78 Å². The molecule has 1 aromatic rings. The van der Waals surface area contributed by atoms with E-state index in [0.717, 1.165) is 23.4 Å². The highest BCUT2D eigenvalue weighted by atomic mass is 35.5. The van der Waals surface area contributed by atoms with Crippen molar-refractivity contribution in [3.8, 4) is 0 Å². The third kappa shape index (κ3) is 2.07. The molecule has 0 aromatic heterocycles. The van der Waals surface area contributed by atoms with E-state index in [1.54, 1.807) is 0 Å². The van der Waals surface area contributed by atoms with Crippen molar-refractivity contribution in [2.24, 2.45) is 27.7 Å². The van der Waals surface area contributed by atoms with Crippen LogP contribution in [0.25, 0.3) is 0 Å². The number of hydrogen-bond acceptors (Lipinski definition) is 2. The predicted molar refractivity (Wildman–Crippen MR) is 86.8 cm³/mol. The molecule has 0 heterocycles. The normalized spacial score (nSPS) is 34.0. The summed E-state index contributed by atoms with van der Waals surface area (Å²) in [5.74, 6) is 0.804. The largest absolute Gasteiger partial charge is 0.298 e. The third-order valence-electron chi connectivity index (χ3n) is 6.07. The van der Waals surface area contributed by atoms with Crippen molar-refractivity contribution in [1.82, 2.24) is 0 Å². The minimum absolute atomic E-state index is 0.0127. The van der Waals surface area contributed by atoms with Crippen molar-refractivity contribution >= 4 is 23.6 Å². The van der Waals surface area contributed by atoms with E-state index < -0.39 is 0 Å². The molecule has 0 spiro atoms. The Labute approximate surface area is 131 Å². The van der Waals surface area contributed by atoms with Crippen LogP contribution in [0.2, 0.25) is 5.02 Å². The average molecular weight is 304 g/mol. The molecule has 0 radical (unpaired) electrons. The van der Waals surface area contributed by atoms with Crippen molar-refractivity contribution < 1.29 is 4.79 Å². The van der Waals surface area contributed by atoms with Crippen molar-refractivity contribution in [3.63, 3.8) is 0 Å². The van der Waals surface area contributed by atoms with Gasteiger partial charge in [0.15, 0.2) is 0 Å². The number of carbonyl (C=O) groups excluding carboxylic acids is 1. The predicted octanol–water partition coefficient (Wildman–Crippen LogP) is 4.55. The third-order valence-corrected chi connectivity index (χ3v) is 6.44. The Bertz CT molecular complexity index is 607. The number of rotatable bonds is 3. The van der Waals surface area contributed by atoms with Gasteiger partial charge in [0.05, 0.1) is 12.5 Å². The second-order valence-electron chi connectivity index (χ2n) is 7.17. The van der Waals surface area contributed by atoms with Gasteiger partial charge >= 0.3 is 0 Å². The molecule has 0 N–H and O–H groups in total. The minimum Gasteiger partial charge on any atom is -0.298 e. The molecule has 2 bridgehead atoms. The first-order valence-corrected chi connectivity index (χ1v) is 8.03. The highest BCUT2D eigenvalue weighted by Crippen LogP contribution is 2.65. The maximum Gasteiger partial charge on any atom is 0.147 e. The zero-order valence-electron chi connectivity index (χ0n) is 12.9. The molecule has 2 fully saturated rings. The van der Waals surface area contributed by atoms with Gasteiger partial charge in [0.2, 0.25) is 0 Å². The number of benzene rings is 1. The topological polar surface area (TPSA) is 29.4 Å². The maximum atomic E-state index is 12.7. The van der Waals surface area contributed by atoms with Crippen LogP contribution in [-0.2, 0) is 11.3 Å². The minimum atomic E-state index is -0.168. The molecular weight excluding hydrogens is 282 g/mol. The summed E-state index contributed by atoms with van der Waals surface area (Å²) in [6.45, 7) is 7.17. The molecule has 0 amide bonds. The number of nitrogens with zero attached hydrogens (tertiary/aromatic N) is 1. The summed E-state index contributed by atoms with van der Waals surface area (Å²) in [5, 5.41) is 0.737. The van der Waals surface area contributed by atoms with Gasteiger partial charge in [-0.1, -0.05) is 50.6 Å². The molecule has 3 rings (SSSR count). The van der Waals surface area contributed by atoms with Crippen LogP contribution in [0.4, 0.5) is 0 Å². The van der Waals surface area contributed by atoms with Gasteiger partial charge in [-0.3, -0.25) is 9.79 Å². The van der Waals surface area contributed by atoms with E-state index in [-0.39, 0.29) is 16.7 Å². The van der Waals surface area contributed by atoms with Crippen LogP contribution >= 0.6 is 11.6 Å². The summed E-state index contributed by atoms with van der Waals surface area (Å²) < 4.78 is 0. The second-order valence-corrected chi connectivity index (χ2v) is 7.58. The van der Waals surface area contributed by atoms with Gasteiger partial charge in [-0.25, -0.2) is 0 Å². The van der Waals surface area contributed by atoms with E-state index >= 15 is 0 Å². The number of ketones is 1. The van der Waals surface area contributed by atoms with Crippen molar-refractivity contribution in [3.05, 3.63) is 34.9 Å². The fourth-order valence-corrected chi connectivity index (χ4v) is 4.41. The van der Waals surface area contributed by atoms with Crippen LogP contribution in [0.5, 0.6) is 0 Å². The van der Waals surface area contributed by atoms with E-state index in [0.29, 0.717) is 18.2 Å². The van der Waals surface area contributed by atoms with Crippen LogP contribution in [0.15, 0.2) is 29.3 Å². The van der Waals surface area contributed by atoms with Crippen molar-refractivity contribution in [2.45, 2.75) is 40.2 Å². The van der Waals surface area contributed by atoms with E-state index in [2.05, 4.69) is 25.8 Å². The summed E-state index contributed by atoms with van der Waals surface area (Å²) in [5.41, 5.74) is 0.931. The maximum absolute atomic E-state index is 12.7. The standard InChI is InChI=1S/C18H22ClNO/c1-17(2)14-8-9-18(17,3)16(21)13(14)11-20-10-12-6-4-5-7-15(12)19/h4-7,11,13-14H,8-10H2,1-3H3/t13-,14+,18-/m1/s1. The monoisotopic (exact) mass is 303 g/mol. The first-order valence-electron chi connectivity index (χ1n) is 7.65. The van der Waals surface area contributed by atoms with E-state index in [1.165, 1.54) is 0 Å². The Morgan fingerprint density at radius 1 is 1.33 bits per heavy atom. The molecule has 2 aliphatic rings. The summed E-state index contributed by atoms with van der Waals surface area (Å²) in [7, 11) is 0. The first kappa shape index (κ1) is 14.8. The quantitative estimate of drug-likeness (QED) is 0.753. The van der Waals surface area contributed by atoms with Crippen LogP contribution in [0.1, 0.15) is 39.2 Å². The van der Waals surface area contributed by atoms with Gasteiger partial charge in [-0.15, -0.1) is 0 Å². The zero-order valence-corrected chi connectivity index (χ0v) is 13.7. The fourth-order valence-electron chi connectivity index (χ4n) is 4.22. The Hall–Kier alpha value is -1.15. The van der Waals surface area contributed by atoms with Gasteiger partial charge in [-0.2, -0.15) is 0 Å². The number of fused-ring (bicyclic) bond motifs is 2. The van der Waals surface area contributed by atoms with Crippen LogP contribution in [0, 0.1) is 22.7 Å². The number of carbonyl (C=O) groups is 1. The van der Waals surface area contributed by atoms with E-state index in [9.17, 15) is 4.79 Å². The first-order chi connectivity index (χ1) is 9.88. The summed E-state index contributed by atoms with van der Waals surface area (Å²) in [6.07, 6.45) is 4.05. The lowest BCUT2D eigenvalue weighted by molar-refractivity contribution is -0.129. The number of aliphatic imine (C=N–C) groups is 1. The van der Waals surface area contributed by atoms with E-state index in [1.807, 2.05) is 30.5 Å². The summed E-state index contributed by atoms with van der Waals surface area (Å²) in [6, 6.07) is 7.73. The number of Topliss-reactive ketones (excluding diaryl/α,β-unsaturated/α-hetero) is 1. The smallest absolute Gasteiger partial charge is 0.147 e. The molecule has 2 saturated carbocycles. The lowest BCUT2D eigenvalue weighted by Gasteiger charge is -2.32. The zero-order chi connectivity index (χ0) is 15.3. The molecule has 0 saturated heterocycles. The van der Waals surface area contributed by atoms with Gasteiger partial charge in [-0.05, 0) is 35.8 Å². The molecule has 21 heavy (non-hydrogen) atoms. The molecule has 3 atom stereocenters. The Morgan fingerprint density at radius 2 is 2.05 bits per heavy atom. The molecular formula is C18H22ClNO. The average Bonchev–Trinajstić information content (AvgIpc) is 2.75. The number of hydrogen-bond donors (Lipinski definition) is 0. The molecule has 1 aromatic carbocycles. The lowest BCUT2D eigenvalue weighted by Crippen LogP contribution is -2.33. The SMILES string of the molecule is CC1(C)[C@H]2CC[C@]1(C)C(=O)[C@@H]2C=NCc1ccccc1Cl. The van der Waals surface area contributed by atoms with Crippen LogP contribution in [-0.4, -0.2) is 12.0 Å². The second kappa shape index (κ2) is 4.95. The van der Waals surface area contributed by atoms with E-state index in [4.69, 9.17) is 11.6 Å². The molecule has 0 unspecified atom stereocenters. The Morgan fingerprint density at radius 3 is 2.67 bits per heavy atom. The summed E-state index contributed by atoms with van der Waals surface area (Å²) in [4.78, 5) is 17.2. The molecule has 112 valence electrons. The number of halogens is 1. The van der Waals surface area contributed by atoms with Gasteiger partial charge < -0.3 is 0 Å². The lowest BCUT2D eigenvalue weighted by atomic mass is 9.70. The van der Waals surface area contributed by atoms with Gasteiger partial charge in [0.25, 0.3) is 0 Å². The van der Waals surface area contributed by atoms with Crippen molar-refractivity contribution in [2.75, 3.05) is 0 Å². The van der Waals surface area contributed by atoms with Crippen LogP contribution in [0.3, 0.4) is 0 Å². The molecule has 2 aliphatic carbocycles. The highest BCUT2D eigenvalue weighted by molar-refractivity contribution is 6.31. The van der Waals surface area contributed by atoms with Crippen LogP contribution < -0.4 is 0 Å². The fraction of sp³-hybridized carbons (Fsp3) is 0.556. The van der Waals surface area contributed by atoms with Gasteiger partial charge in [0, 0.05) is 16.7 Å². The Balaban J connectivity index is 1.76. The summed E-state index contributed by atoms with van der Waals surface area (Å²) >= 11 is 6.14. The molecule has 3 heteroatoms. The Kier molecular flexibility index (Phi) is 3.48. The highest BCUT2D eigenvalue weighted by Gasteiger charge is 2.65.